The van der Waals surface area contributed by atoms with E-state index in [1.807, 2.05) is 0 Å². The molecule has 3 nitrogen and oxygen atoms in total. The van der Waals surface area contributed by atoms with Crippen LogP contribution in [0, 0.1) is 0 Å². The third-order valence-corrected chi connectivity index (χ3v) is 3.13. The Hall–Kier alpha value is -0.800. The van der Waals surface area contributed by atoms with E-state index in [1.165, 1.54) is 12.8 Å². The Morgan fingerprint density at radius 2 is 2.00 bits per heavy atom. The molecule has 17 heavy (non-hydrogen) atoms. The van der Waals surface area contributed by atoms with Crippen LogP contribution in [0.3, 0.4) is 0 Å². The number of nitrogens with one attached hydrogen (secondary N) is 1. The first kappa shape index (κ1) is 14.3. The molecule has 1 N–H and O–H groups in total. The molecule has 0 aliphatic carbocycles. The van der Waals surface area contributed by atoms with Crippen LogP contribution in [-0.2, 0) is 13.1 Å². The van der Waals surface area contributed by atoms with Crippen LogP contribution in [0.25, 0.3) is 0 Å². The van der Waals surface area contributed by atoms with Crippen molar-refractivity contribution in [3.8, 4) is 0 Å². The van der Waals surface area contributed by atoms with Gasteiger partial charge >= 0.3 is 0 Å². The molecule has 0 bridgehead atoms. The highest BCUT2D eigenvalue weighted by molar-refractivity contribution is 5.07. The third kappa shape index (κ3) is 4.92. The average molecular weight is 238 g/mol. The predicted octanol–water partition coefficient (Wildman–Crippen LogP) is 3.01. The Morgan fingerprint density at radius 1 is 1.29 bits per heavy atom. The second-order valence-corrected chi connectivity index (χ2v) is 4.70. The van der Waals surface area contributed by atoms with Gasteiger partial charge in [-0.1, -0.05) is 20.3 Å². The fourth-order valence-corrected chi connectivity index (χ4v) is 1.89. The maximum atomic E-state index is 5.78. The van der Waals surface area contributed by atoms with Crippen molar-refractivity contribution in [1.29, 1.82) is 0 Å². The summed E-state index contributed by atoms with van der Waals surface area (Å²) < 4.78 is 5.78. The summed E-state index contributed by atoms with van der Waals surface area (Å²) in [6.07, 6.45) is 2.47. The summed E-state index contributed by atoms with van der Waals surface area (Å²) >= 11 is 0. The van der Waals surface area contributed by atoms with E-state index in [0.29, 0.717) is 6.04 Å². The molecule has 0 saturated heterocycles. The summed E-state index contributed by atoms with van der Waals surface area (Å²) in [6, 6.07) is 4.76. The van der Waals surface area contributed by atoms with E-state index in [4.69, 9.17) is 4.42 Å². The summed E-state index contributed by atoms with van der Waals surface area (Å²) in [6.45, 7) is 9.29. The first-order valence-corrected chi connectivity index (χ1v) is 6.65. The van der Waals surface area contributed by atoms with Crippen LogP contribution in [0.4, 0.5) is 0 Å². The van der Waals surface area contributed by atoms with Gasteiger partial charge in [0.05, 0.1) is 13.1 Å². The largest absolute Gasteiger partial charge is 0.463 e. The van der Waals surface area contributed by atoms with Gasteiger partial charge in [-0.25, -0.2) is 0 Å². The van der Waals surface area contributed by atoms with Crippen LogP contribution in [0.5, 0.6) is 0 Å². The third-order valence-electron chi connectivity index (χ3n) is 3.13. The Labute approximate surface area is 105 Å². The lowest BCUT2D eigenvalue weighted by molar-refractivity contribution is 0.217. The number of furan rings is 1. The maximum Gasteiger partial charge on any atom is 0.118 e. The number of hydrogen-bond donors (Lipinski definition) is 1. The molecule has 3 heteroatoms. The van der Waals surface area contributed by atoms with Crippen LogP contribution in [0.1, 0.15) is 45.1 Å². The van der Waals surface area contributed by atoms with E-state index < -0.39 is 0 Å². The minimum absolute atomic E-state index is 0.613. The van der Waals surface area contributed by atoms with E-state index in [0.717, 1.165) is 31.2 Å². The maximum absolute atomic E-state index is 5.78. The van der Waals surface area contributed by atoms with Gasteiger partial charge in [0.1, 0.15) is 11.5 Å². The number of nitrogens with zero attached hydrogens (tertiary/aromatic N) is 1. The molecule has 0 radical (unpaired) electrons. The molecule has 0 aliphatic heterocycles. The molecule has 0 aromatic carbocycles. The lowest BCUT2D eigenvalue weighted by Crippen LogP contribution is -2.28. The lowest BCUT2D eigenvalue weighted by atomic mass is 10.2. The fourth-order valence-electron chi connectivity index (χ4n) is 1.89. The van der Waals surface area contributed by atoms with Crippen molar-refractivity contribution in [2.75, 3.05) is 13.6 Å². The molecule has 1 atom stereocenters. The number of rotatable bonds is 8. The molecule has 1 aromatic heterocycles. The van der Waals surface area contributed by atoms with Crippen LogP contribution >= 0.6 is 0 Å². The molecule has 1 unspecified atom stereocenters. The SMILES string of the molecule is CCCC(C)N(C)Cc1ccc(CNCC)o1. The van der Waals surface area contributed by atoms with Gasteiger partial charge in [0.25, 0.3) is 0 Å². The van der Waals surface area contributed by atoms with Crippen LogP contribution in [0.15, 0.2) is 16.5 Å². The second kappa shape index (κ2) is 7.51. The Morgan fingerprint density at radius 3 is 2.65 bits per heavy atom. The van der Waals surface area contributed by atoms with Crippen LogP contribution in [-0.4, -0.2) is 24.5 Å². The van der Waals surface area contributed by atoms with Gasteiger partial charge in [-0.05, 0) is 39.1 Å². The zero-order valence-corrected chi connectivity index (χ0v) is 11.6. The van der Waals surface area contributed by atoms with E-state index in [9.17, 15) is 0 Å². The fraction of sp³-hybridized carbons (Fsp3) is 0.714. The minimum Gasteiger partial charge on any atom is -0.463 e. The molecule has 0 amide bonds. The summed E-state index contributed by atoms with van der Waals surface area (Å²) in [5, 5.41) is 3.27. The van der Waals surface area contributed by atoms with Gasteiger partial charge in [0.15, 0.2) is 0 Å². The first-order chi connectivity index (χ1) is 8.17. The van der Waals surface area contributed by atoms with Crippen molar-refractivity contribution in [3.63, 3.8) is 0 Å². The highest BCUT2D eigenvalue weighted by atomic mass is 16.3. The molecule has 0 fully saturated rings. The van der Waals surface area contributed by atoms with Gasteiger partial charge in [-0.15, -0.1) is 0 Å². The van der Waals surface area contributed by atoms with E-state index in [1.54, 1.807) is 0 Å². The zero-order chi connectivity index (χ0) is 12.7. The predicted molar refractivity (Wildman–Crippen MR) is 71.9 cm³/mol. The van der Waals surface area contributed by atoms with E-state index in [-0.39, 0.29) is 0 Å². The summed E-state index contributed by atoms with van der Waals surface area (Å²) in [5.41, 5.74) is 0. The van der Waals surface area contributed by atoms with Crippen molar-refractivity contribution in [2.45, 2.75) is 52.7 Å². The molecule has 1 aromatic rings. The molecular formula is C14H26N2O. The van der Waals surface area contributed by atoms with E-state index >= 15 is 0 Å². The Bertz CT molecular complexity index is 309. The zero-order valence-electron chi connectivity index (χ0n) is 11.6. The summed E-state index contributed by atoms with van der Waals surface area (Å²) in [7, 11) is 2.16. The van der Waals surface area contributed by atoms with Crippen molar-refractivity contribution in [1.82, 2.24) is 10.2 Å². The first-order valence-electron chi connectivity index (χ1n) is 6.65. The van der Waals surface area contributed by atoms with Crippen molar-refractivity contribution in [3.05, 3.63) is 23.7 Å². The average Bonchev–Trinajstić information content (AvgIpc) is 2.74. The van der Waals surface area contributed by atoms with Crippen LogP contribution < -0.4 is 5.32 Å². The van der Waals surface area contributed by atoms with Gasteiger partial charge < -0.3 is 9.73 Å². The van der Waals surface area contributed by atoms with Crippen molar-refractivity contribution >= 4 is 0 Å². The highest BCUT2D eigenvalue weighted by Gasteiger charge is 2.10. The molecule has 0 saturated carbocycles. The monoisotopic (exact) mass is 238 g/mol. The topological polar surface area (TPSA) is 28.4 Å². The van der Waals surface area contributed by atoms with E-state index in [2.05, 4.69) is 50.2 Å². The van der Waals surface area contributed by atoms with Gasteiger partial charge in [0.2, 0.25) is 0 Å². The summed E-state index contributed by atoms with van der Waals surface area (Å²) in [5.74, 6) is 2.08. The quantitative estimate of drug-likeness (QED) is 0.754. The van der Waals surface area contributed by atoms with Gasteiger partial charge in [0, 0.05) is 6.04 Å². The molecule has 1 rings (SSSR count). The Kier molecular flexibility index (Phi) is 6.30. The highest BCUT2D eigenvalue weighted by Crippen LogP contribution is 2.13. The molecule has 98 valence electrons. The van der Waals surface area contributed by atoms with Gasteiger partial charge in [-0.3, -0.25) is 4.90 Å². The molecule has 0 spiro atoms. The normalized spacial score (nSPS) is 13.2. The van der Waals surface area contributed by atoms with Crippen molar-refractivity contribution in [2.24, 2.45) is 0 Å². The lowest BCUT2D eigenvalue weighted by Gasteiger charge is -2.23. The Balaban J connectivity index is 2.42. The molecular weight excluding hydrogens is 212 g/mol. The van der Waals surface area contributed by atoms with Crippen molar-refractivity contribution < 1.29 is 4.42 Å². The standard InChI is InChI=1S/C14H26N2O/c1-5-7-12(3)16(4)11-14-9-8-13(17-14)10-15-6-2/h8-9,12,15H,5-7,10-11H2,1-4H3. The molecule has 0 aliphatic rings. The second-order valence-electron chi connectivity index (χ2n) is 4.70. The van der Waals surface area contributed by atoms with Gasteiger partial charge in [-0.2, -0.15) is 0 Å². The minimum atomic E-state index is 0.613. The molecule has 1 heterocycles. The number of hydrogen-bond acceptors (Lipinski definition) is 3. The summed E-state index contributed by atoms with van der Waals surface area (Å²) in [4.78, 5) is 2.35. The smallest absolute Gasteiger partial charge is 0.118 e. The van der Waals surface area contributed by atoms with Crippen LogP contribution in [0.2, 0.25) is 0 Å².